The van der Waals surface area contributed by atoms with Gasteiger partial charge < -0.3 is 10.8 Å². The molecular formula is C10H21NO4S2. The molecule has 0 amide bonds. The normalized spacial score (nSPS) is 14.9. The Kier molecular flexibility index (Phi) is 5.96. The van der Waals surface area contributed by atoms with Crippen LogP contribution in [-0.4, -0.2) is 47.0 Å². The predicted octanol–water partition coefficient (Wildman–Crippen LogP) is 0.733. The highest BCUT2D eigenvalue weighted by Crippen LogP contribution is 2.27. The Morgan fingerprint density at radius 1 is 1.41 bits per heavy atom. The molecule has 102 valence electrons. The fourth-order valence-corrected chi connectivity index (χ4v) is 3.58. The number of hydrogen-bond acceptors (Lipinski definition) is 5. The van der Waals surface area contributed by atoms with Crippen molar-refractivity contribution in [3.8, 4) is 0 Å². The molecule has 5 nitrogen and oxygen atoms in total. The van der Waals surface area contributed by atoms with E-state index in [0.717, 1.165) is 0 Å². The maximum absolute atomic E-state index is 11.6. The van der Waals surface area contributed by atoms with Crippen molar-refractivity contribution >= 4 is 27.6 Å². The number of carboxylic acids is 1. The molecule has 0 aromatic carbocycles. The van der Waals surface area contributed by atoms with Gasteiger partial charge in [0.25, 0.3) is 0 Å². The zero-order valence-corrected chi connectivity index (χ0v) is 12.3. The molecular weight excluding hydrogens is 262 g/mol. The van der Waals surface area contributed by atoms with Crippen molar-refractivity contribution in [2.45, 2.75) is 43.7 Å². The fraction of sp³-hybridized carbons (Fsp3) is 0.900. The predicted molar refractivity (Wildman–Crippen MR) is 71.1 cm³/mol. The summed E-state index contributed by atoms with van der Waals surface area (Å²) in [5, 5.41) is 8.41. The summed E-state index contributed by atoms with van der Waals surface area (Å²) >= 11 is 1.27. The van der Waals surface area contributed by atoms with Crippen molar-refractivity contribution in [2.75, 3.05) is 11.5 Å². The lowest BCUT2D eigenvalue weighted by Crippen LogP contribution is -2.47. The SMILES string of the molecule is CC(C)S(=O)(=O)CCSC(C)(C)[C@@H](N)C(=O)O. The molecule has 1 atom stereocenters. The Bertz CT molecular complexity index is 363. The van der Waals surface area contributed by atoms with Gasteiger partial charge in [0.1, 0.15) is 6.04 Å². The zero-order chi connectivity index (χ0) is 13.9. The number of carboxylic acid groups (broad SMARTS) is 1. The summed E-state index contributed by atoms with van der Waals surface area (Å²) in [4.78, 5) is 10.8. The van der Waals surface area contributed by atoms with Gasteiger partial charge in [0.05, 0.1) is 11.0 Å². The third-order valence-corrected chi connectivity index (χ3v) is 6.45. The van der Waals surface area contributed by atoms with Crippen molar-refractivity contribution < 1.29 is 18.3 Å². The molecule has 0 saturated carbocycles. The summed E-state index contributed by atoms with van der Waals surface area (Å²) in [6, 6.07) is -1.01. The molecule has 0 unspecified atom stereocenters. The Labute approximate surface area is 107 Å². The Morgan fingerprint density at radius 2 is 1.88 bits per heavy atom. The first kappa shape index (κ1) is 16.7. The third-order valence-electron chi connectivity index (χ3n) is 2.58. The monoisotopic (exact) mass is 283 g/mol. The number of nitrogens with two attached hydrogens (primary N) is 1. The summed E-state index contributed by atoms with van der Waals surface area (Å²) in [5.41, 5.74) is 5.53. The molecule has 0 bridgehead atoms. The first-order chi connectivity index (χ1) is 7.50. The number of thioether (sulfide) groups is 1. The Morgan fingerprint density at radius 3 is 2.24 bits per heavy atom. The molecule has 0 fully saturated rings. The average Bonchev–Trinajstić information content (AvgIpc) is 2.15. The minimum absolute atomic E-state index is 0.0467. The van der Waals surface area contributed by atoms with E-state index < -0.39 is 31.8 Å². The van der Waals surface area contributed by atoms with Gasteiger partial charge in [0.2, 0.25) is 0 Å². The molecule has 0 heterocycles. The quantitative estimate of drug-likeness (QED) is 0.715. The second kappa shape index (κ2) is 6.06. The van der Waals surface area contributed by atoms with Gasteiger partial charge in [-0.2, -0.15) is 11.8 Å². The topological polar surface area (TPSA) is 97.5 Å². The molecule has 0 rings (SSSR count). The molecule has 3 N–H and O–H groups in total. The van der Waals surface area contributed by atoms with E-state index in [1.807, 2.05) is 0 Å². The van der Waals surface area contributed by atoms with Crippen molar-refractivity contribution in [3.05, 3.63) is 0 Å². The largest absolute Gasteiger partial charge is 0.480 e. The Hall–Kier alpha value is -0.270. The van der Waals surface area contributed by atoms with Crippen molar-refractivity contribution in [3.63, 3.8) is 0 Å². The highest BCUT2D eigenvalue weighted by Gasteiger charge is 2.32. The molecule has 0 aromatic heterocycles. The van der Waals surface area contributed by atoms with Crippen LogP contribution >= 0.6 is 11.8 Å². The summed E-state index contributed by atoms with van der Waals surface area (Å²) in [6.45, 7) is 6.68. The second-order valence-electron chi connectivity index (χ2n) is 4.68. The second-order valence-corrected chi connectivity index (χ2v) is 9.11. The number of aliphatic carboxylic acids is 1. The van der Waals surface area contributed by atoms with Crippen LogP contribution in [0.5, 0.6) is 0 Å². The molecule has 0 aliphatic rings. The van der Waals surface area contributed by atoms with Gasteiger partial charge in [-0.05, 0) is 27.7 Å². The van der Waals surface area contributed by atoms with Crippen molar-refractivity contribution in [1.29, 1.82) is 0 Å². The van der Waals surface area contributed by atoms with Crippen LogP contribution in [0.1, 0.15) is 27.7 Å². The van der Waals surface area contributed by atoms with Crippen molar-refractivity contribution in [2.24, 2.45) is 5.73 Å². The summed E-state index contributed by atoms with van der Waals surface area (Å²) < 4.78 is 22.4. The van der Waals surface area contributed by atoms with E-state index in [4.69, 9.17) is 10.8 Å². The van der Waals surface area contributed by atoms with E-state index >= 15 is 0 Å². The average molecular weight is 283 g/mol. The first-order valence-corrected chi connectivity index (χ1v) is 8.04. The van der Waals surface area contributed by atoms with Crippen LogP contribution in [0, 0.1) is 0 Å². The first-order valence-electron chi connectivity index (χ1n) is 5.34. The minimum Gasteiger partial charge on any atom is -0.480 e. The van der Waals surface area contributed by atoms with E-state index in [-0.39, 0.29) is 5.75 Å². The van der Waals surface area contributed by atoms with E-state index in [1.165, 1.54) is 11.8 Å². The van der Waals surface area contributed by atoms with Crippen LogP contribution in [0.15, 0.2) is 0 Å². The molecule has 0 spiro atoms. The molecule has 0 radical (unpaired) electrons. The summed E-state index contributed by atoms with van der Waals surface area (Å²) in [7, 11) is -3.08. The lowest BCUT2D eigenvalue weighted by Gasteiger charge is -2.28. The smallest absolute Gasteiger partial charge is 0.321 e. The lowest BCUT2D eigenvalue weighted by atomic mass is 10.1. The number of carbonyl (C=O) groups is 1. The lowest BCUT2D eigenvalue weighted by molar-refractivity contribution is -0.139. The van der Waals surface area contributed by atoms with Gasteiger partial charge in [-0.15, -0.1) is 0 Å². The van der Waals surface area contributed by atoms with Gasteiger partial charge in [0, 0.05) is 10.5 Å². The maximum Gasteiger partial charge on any atom is 0.321 e. The van der Waals surface area contributed by atoms with E-state index in [0.29, 0.717) is 5.75 Å². The van der Waals surface area contributed by atoms with Crippen LogP contribution in [0.3, 0.4) is 0 Å². The minimum atomic E-state index is -3.08. The van der Waals surface area contributed by atoms with Gasteiger partial charge in [-0.1, -0.05) is 0 Å². The number of sulfone groups is 1. The fourth-order valence-electron chi connectivity index (χ4n) is 1.04. The van der Waals surface area contributed by atoms with Gasteiger partial charge in [0.15, 0.2) is 9.84 Å². The maximum atomic E-state index is 11.6. The molecule has 0 saturated heterocycles. The molecule has 7 heteroatoms. The zero-order valence-electron chi connectivity index (χ0n) is 10.6. The van der Waals surface area contributed by atoms with Crippen molar-refractivity contribution in [1.82, 2.24) is 0 Å². The highest BCUT2D eigenvalue weighted by atomic mass is 32.2. The summed E-state index contributed by atoms with van der Waals surface area (Å²) in [6.07, 6.45) is 0. The Balaban J connectivity index is 4.35. The molecule has 0 aliphatic carbocycles. The standard InChI is InChI=1S/C10H21NO4S2/c1-7(2)17(14,15)6-5-16-10(3,4)8(11)9(12)13/h7-8H,5-6,11H2,1-4H3,(H,12,13)/t8-/m0/s1. The van der Waals surface area contributed by atoms with E-state index in [1.54, 1.807) is 27.7 Å². The number of rotatable bonds is 7. The van der Waals surface area contributed by atoms with Crippen LogP contribution in [-0.2, 0) is 14.6 Å². The van der Waals surface area contributed by atoms with Gasteiger partial charge in [-0.3, -0.25) is 4.79 Å². The van der Waals surface area contributed by atoms with Crippen LogP contribution in [0.2, 0.25) is 0 Å². The van der Waals surface area contributed by atoms with E-state index in [9.17, 15) is 13.2 Å². The summed E-state index contributed by atoms with van der Waals surface area (Å²) in [5.74, 6) is -0.672. The molecule has 0 aromatic rings. The number of hydrogen-bond donors (Lipinski definition) is 2. The van der Waals surface area contributed by atoms with Gasteiger partial charge in [-0.25, -0.2) is 8.42 Å². The third kappa shape index (κ3) is 5.27. The van der Waals surface area contributed by atoms with Gasteiger partial charge >= 0.3 is 5.97 Å². The molecule has 0 aliphatic heterocycles. The molecule has 17 heavy (non-hydrogen) atoms. The highest BCUT2D eigenvalue weighted by molar-refractivity contribution is 8.02. The van der Waals surface area contributed by atoms with Crippen LogP contribution in [0.4, 0.5) is 0 Å². The van der Waals surface area contributed by atoms with E-state index in [2.05, 4.69) is 0 Å². The van der Waals surface area contributed by atoms with Crippen LogP contribution < -0.4 is 5.73 Å². The van der Waals surface area contributed by atoms with Crippen LogP contribution in [0.25, 0.3) is 0 Å².